The van der Waals surface area contributed by atoms with Crippen LogP contribution in [0, 0.1) is 37.5 Å². The van der Waals surface area contributed by atoms with Gasteiger partial charge in [-0.2, -0.15) is 0 Å². The van der Waals surface area contributed by atoms with Gasteiger partial charge in [-0.25, -0.2) is 0 Å². The first-order valence-corrected chi connectivity index (χ1v) is 8.53. The van der Waals surface area contributed by atoms with Crippen molar-refractivity contribution in [2.45, 2.75) is 32.8 Å². The molecule has 0 unspecified atom stereocenters. The third-order valence-electron chi connectivity index (χ3n) is 5.55. The number of benzene rings is 1. The second-order valence-corrected chi connectivity index (χ2v) is 7.68. The summed E-state index contributed by atoms with van der Waals surface area (Å²) < 4.78 is 6.44. The monoisotopic (exact) mass is 363 g/mol. The lowest BCUT2D eigenvalue weighted by molar-refractivity contribution is -0.145. The third-order valence-corrected chi connectivity index (χ3v) is 6.40. The van der Waals surface area contributed by atoms with E-state index in [1.165, 1.54) is 0 Å². The summed E-state index contributed by atoms with van der Waals surface area (Å²) >= 11 is 3.50. The van der Waals surface area contributed by atoms with Crippen LogP contribution in [0.3, 0.4) is 0 Å². The molecule has 0 spiro atoms. The van der Waals surface area contributed by atoms with Gasteiger partial charge in [0.25, 0.3) is 0 Å². The number of nitrogens with one attached hydrogen (secondary N) is 1. The summed E-state index contributed by atoms with van der Waals surface area (Å²) in [4.78, 5) is 24.8. The van der Waals surface area contributed by atoms with Crippen LogP contribution in [0.2, 0.25) is 0 Å². The van der Waals surface area contributed by atoms with Crippen LogP contribution in [-0.2, 0) is 14.3 Å². The van der Waals surface area contributed by atoms with E-state index < -0.39 is 0 Å². The molecule has 1 aliphatic heterocycles. The van der Waals surface area contributed by atoms with Crippen molar-refractivity contribution in [3.05, 3.63) is 27.7 Å². The molecule has 1 amide bonds. The van der Waals surface area contributed by atoms with Gasteiger partial charge in [0, 0.05) is 16.1 Å². The van der Waals surface area contributed by atoms with Crippen LogP contribution >= 0.6 is 15.9 Å². The number of hydrogen-bond acceptors (Lipinski definition) is 3. The number of rotatable bonds is 2. The zero-order chi connectivity index (χ0) is 15.6. The highest BCUT2D eigenvalue weighted by atomic mass is 79.9. The highest BCUT2D eigenvalue weighted by molar-refractivity contribution is 9.10. The molecular weight excluding hydrogens is 346 g/mol. The summed E-state index contributed by atoms with van der Waals surface area (Å²) in [6, 6.07) is 3.98. The van der Waals surface area contributed by atoms with E-state index in [0.717, 1.165) is 34.1 Å². The zero-order valence-electron chi connectivity index (χ0n) is 12.6. The smallest absolute Gasteiger partial charge is 0.310 e. The van der Waals surface area contributed by atoms with Gasteiger partial charge < -0.3 is 10.1 Å². The van der Waals surface area contributed by atoms with E-state index in [1.54, 1.807) is 0 Å². The summed E-state index contributed by atoms with van der Waals surface area (Å²) in [6.07, 6.45) is 1.88. The minimum absolute atomic E-state index is 0.0281. The van der Waals surface area contributed by atoms with Gasteiger partial charge in [0.2, 0.25) is 5.91 Å². The highest BCUT2D eigenvalue weighted by Gasteiger charge is 2.63. The molecule has 1 N–H and O–H groups in total. The van der Waals surface area contributed by atoms with Crippen LogP contribution in [0.15, 0.2) is 16.6 Å². The Kier molecular flexibility index (Phi) is 3.12. The SMILES string of the molecule is Cc1cc(NC(=O)[C@@H]2[C@@H]3C[C@@H]4[C@H]2C(=O)O[C@H]4C3)c(C)cc1Br. The standard InChI is InChI=1S/C17H18BrNO3/c1-7-4-12(8(2)3-11(7)18)19-16(20)14-9-5-10-13(6-9)22-17(21)15(10)14/h3-4,9-10,13-15H,5-6H2,1-2H3,(H,19,20)/t9-,10+,13+,14-,15-/m1/s1. The van der Waals surface area contributed by atoms with E-state index in [-0.39, 0.29) is 35.7 Å². The Bertz CT molecular complexity index is 685. The third kappa shape index (κ3) is 1.94. The molecule has 3 fully saturated rings. The maximum absolute atomic E-state index is 12.8. The summed E-state index contributed by atoms with van der Waals surface area (Å²) in [7, 11) is 0. The molecule has 2 aliphatic carbocycles. The van der Waals surface area contributed by atoms with Crippen LogP contribution < -0.4 is 5.32 Å². The Balaban J connectivity index is 1.59. The number of amides is 1. The minimum Gasteiger partial charge on any atom is -0.462 e. The molecule has 1 aromatic carbocycles. The van der Waals surface area contributed by atoms with Crippen molar-refractivity contribution in [1.29, 1.82) is 0 Å². The van der Waals surface area contributed by atoms with Crippen LogP contribution in [0.25, 0.3) is 0 Å². The molecule has 3 aliphatic rings. The minimum atomic E-state index is -0.223. The second kappa shape index (κ2) is 4.82. The van der Waals surface area contributed by atoms with E-state index in [0.29, 0.717) is 5.92 Å². The van der Waals surface area contributed by atoms with Crippen molar-refractivity contribution in [3.63, 3.8) is 0 Å². The van der Waals surface area contributed by atoms with Crippen LogP contribution in [0.1, 0.15) is 24.0 Å². The lowest BCUT2D eigenvalue weighted by Gasteiger charge is -2.24. The Morgan fingerprint density at radius 3 is 2.82 bits per heavy atom. The van der Waals surface area contributed by atoms with Crippen molar-refractivity contribution in [1.82, 2.24) is 0 Å². The fraction of sp³-hybridized carbons (Fsp3) is 0.529. The van der Waals surface area contributed by atoms with Crippen molar-refractivity contribution in [3.8, 4) is 0 Å². The fourth-order valence-electron chi connectivity index (χ4n) is 4.49. The molecule has 1 saturated heterocycles. The Labute approximate surface area is 137 Å². The molecule has 4 rings (SSSR count). The summed E-state index contributed by atoms with van der Waals surface area (Å²) in [5.74, 6) is -0.0806. The quantitative estimate of drug-likeness (QED) is 0.820. The van der Waals surface area contributed by atoms with Crippen LogP contribution in [0.5, 0.6) is 0 Å². The number of carbonyl (C=O) groups is 2. The molecule has 116 valence electrons. The molecule has 1 heterocycles. The van der Waals surface area contributed by atoms with Gasteiger partial charge >= 0.3 is 5.97 Å². The van der Waals surface area contributed by atoms with Gasteiger partial charge in [0.1, 0.15) is 6.10 Å². The Morgan fingerprint density at radius 1 is 1.27 bits per heavy atom. The lowest BCUT2D eigenvalue weighted by Crippen LogP contribution is -2.36. The van der Waals surface area contributed by atoms with E-state index in [1.807, 2.05) is 26.0 Å². The zero-order valence-corrected chi connectivity index (χ0v) is 14.1. The molecule has 22 heavy (non-hydrogen) atoms. The number of hydrogen-bond donors (Lipinski definition) is 1. The van der Waals surface area contributed by atoms with Gasteiger partial charge in [-0.05, 0) is 55.9 Å². The van der Waals surface area contributed by atoms with Crippen molar-refractivity contribution < 1.29 is 14.3 Å². The Hall–Kier alpha value is -1.36. The number of aryl methyl sites for hydroxylation is 2. The number of halogens is 1. The largest absolute Gasteiger partial charge is 0.462 e. The topological polar surface area (TPSA) is 55.4 Å². The summed E-state index contributed by atoms with van der Waals surface area (Å²) in [6.45, 7) is 3.97. The average Bonchev–Trinajstić information content (AvgIpc) is 3.05. The molecule has 0 aromatic heterocycles. The molecule has 1 aromatic rings. The van der Waals surface area contributed by atoms with E-state index in [4.69, 9.17) is 4.74 Å². The number of anilines is 1. The number of carbonyl (C=O) groups excluding carboxylic acids is 2. The van der Waals surface area contributed by atoms with Gasteiger partial charge in [0.05, 0.1) is 11.8 Å². The van der Waals surface area contributed by atoms with Crippen LogP contribution in [0.4, 0.5) is 5.69 Å². The van der Waals surface area contributed by atoms with Gasteiger partial charge in [-0.15, -0.1) is 0 Å². The molecule has 2 bridgehead atoms. The van der Waals surface area contributed by atoms with Gasteiger partial charge in [-0.3, -0.25) is 9.59 Å². The maximum Gasteiger partial charge on any atom is 0.310 e. The summed E-state index contributed by atoms with van der Waals surface area (Å²) in [5.41, 5.74) is 2.92. The van der Waals surface area contributed by atoms with Gasteiger partial charge in [-0.1, -0.05) is 15.9 Å². The molecule has 5 atom stereocenters. The maximum atomic E-state index is 12.8. The lowest BCUT2D eigenvalue weighted by atomic mass is 9.79. The number of esters is 1. The fourth-order valence-corrected chi connectivity index (χ4v) is 4.95. The number of fused-ring (bicyclic) bond motifs is 1. The van der Waals surface area contributed by atoms with E-state index in [9.17, 15) is 9.59 Å². The first-order chi connectivity index (χ1) is 10.5. The number of ether oxygens (including phenoxy) is 1. The highest BCUT2D eigenvalue weighted by Crippen LogP contribution is 2.57. The molecule has 4 nitrogen and oxygen atoms in total. The van der Waals surface area contributed by atoms with Crippen LogP contribution in [-0.4, -0.2) is 18.0 Å². The summed E-state index contributed by atoms with van der Waals surface area (Å²) in [5, 5.41) is 3.04. The molecular formula is C17H18BrNO3. The van der Waals surface area contributed by atoms with Gasteiger partial charge in [0.15, 0.2) is 0 Å². The normalized spacial score (nSPS) is 34.9. The molecule has 5 heteroatoms. The van der Waals surface area contributed by atoms with Crippen molar-refractivity contribution >= 4 is 33.5 Å². The first-order valence-electron chi connectivity index (χ1n) is 7.74. The predicted molar refractivity (Wildman–Crippen MR) is 85.3 cm³/mol. The Morgan fingerprint density at radius 2 is 2.05 bits per heavy atom. The first kappa shape index (κ1) is 14.2. The average molecular weight is 364 g/mol. The van der Waals surface area contributed by atoms with E-state index >= 15 is 0 Å². The second-order valence-electron chi connectivity index (χ2n) is 6.83. The molecule has 2 saturated carbocycles. The van der Waals surface area contributed by atoms with Crippen molar-refractivity contribution in [2.24, 2.45) is 23.7 Å². The van der Waals surface area contributed by atoms with E-state index in [2.05, 4.69) is 21.2 Å². The predicted octanol–water partition coefficient (Wildman–Crippen LogP) is 3.20. The van der Waals surface area contributed by atoms with Crippen molar-refractivity contribution in [2.75, 3.05) is 5.32 Å². The molecule has 0 radical (unpaired) electrons.